The summed E-state index contributed by atoms with van der Waals surface area (Å²) in [4.78, 5) is 15.0. The molecular formula is C13H22N2O2S. The zero-order valence-corrected chi connectivity index (χ0v) is 11.8. The van der Waals surface area contributed by atoms with Crippen LogP contribution in [0.25, 0.3) is 0 Å². The van der Waals surface area contributed by atoms with E-state index in [1.54, 1.807) is 0 Å². The molecule has 0 radical (unpaired) electrons. The van der Waals surface area contributed by atoms with Gasteiger partial charge in [0.15, 0.2) is 0 Å². The van der Waals surface area contributed by atoms with Crippen LogP contribution in [0.5, 0.6) is 0 Å². The van der Waals surface area contributed by atoms with Crippen LogP contribution in [-0.2, 0) is 9.53 Å². The Labute approximate surface area is 114 Å². The Bertz CT molecular complexity index is 340. The van der Waals surface area contributed by atoms with Crippen molar-refractivity contribution in [2.75, 3.05) is 19.7 Å². The number of nitrogens with zero attached hydrogens (tertiary/aromatic N) is 1. The van der Waals surface area contributed by atoms with Crippen molar-refractivity contribution in [3.8, 4) is 0 Å². The maximum absolute atomic E-state index is 12.8. The largest absolute Gasteiger partial charge is 0.392 e. The average Bonchev–Trinajstić information content (AvgIpc) is 2.73. The third kappa shape index (κ3) is 2.52. The summed E-state index contributed by atoms with van der Waals surface area (Å²) in [6, 6.07) is 0. The molecule has 1 aliphatic heterocycles. The van der Waals surface area contributed by atoms with Gasteiger partial charge in [0.2, 0.25) is 5.91 Å². The Morgan fingerprint density at radius 2 is 2.06 bits per heavy atom. The summed E-state index contributed by atoms with van der Waals surface area (Å²) in [6.07, 6.45) is 4.70. The zero-order chi connectivity index (χ0) is 13.2. The summed E-state index contributed by atoms with van der Waals surface area (Å²) in [5.74, 6) is 0.129. The first-order valence-electron chi connectivity index (χ1n) is 6.77. The number of hydrogen-bond acceptors (Lipinski definition) is 3. The highest BCUT2D eigenvalue weighted by Crippen LogP contribution is 2.40. The second-order valence-electron chi connectivity index (χ2n) is 5.44. The molecule has 0 bridgehead atoms. The normalized spacial score (nSPS) is 27.8. The van der Waals surface area contributed by atoms with Gasteiger partial charge in [-0.25, -0.2) is 0 Å². The molecule has 2 N–H and O–H groups in total. The Kier molecular flexibility index (Phi) is 4.22. The molecule has 1 saturated carbocycles. The number of ether oxygens (including phenoxy) is 1. The van der Waals surface area contributed by atoms with Gasteiger partial charge in [-0.1, -0.05) is 25.1 Å². The standard InChI is InChI=1S/C13H22N2O2S/c1-10-9-15(7-4-8-17-10)12(16)13(11(14)18)5-2-3-6-13/h10H,2-9H2,1H3,(H2,14,18). The maximum atomic E-state index is 12.8. The fourth-order valence-electron chi connectivity index (χ4n) is 3.03. The summed E-state index contributed by atoms with van der Waals surface area (Å²) in [5, 5.41) is 0. The van der Waals surface area contributed by atoms with Crippen molar-refractivity contribution in [2.24, 2.45) is 11.1 Å². The van der Waals surface area contributed by atoms with Crippen molar-refractivity contribution < 1.29 is 9.53 Å². The van der Waals surface area contributed by atoms with E-state index < -0.39 is 5.41 Å². The molecule has 1 atom stereocenters. The van der Waals surface area contributed by atoms with Crippen LogP contribution in [0.4, 0.5) is 0 Å². The molecule has 2 fully saturated rings. The molecule has 5 heteroatoms. The van der Waals surface area contributed by atoms with Crippen LogP contribution in [0, 0.1) is 5.41 Å². The van der Waals surface area contributed by atoms with Crippen molar-refractivity contribution >= 4 is 23.1 Å². The lowest BCUT2D eigenvalue weighted by atomic mass is 9.84. The predicted molar refractivity (Wildman–Crippen MR) is 74.3 cm³/mol. The van der Waals surface area contributed by atoms with Crippen molar-refractivity contribution in [3.63, 3.8) is 0 Å². The quantitative estimate of drug-likeness (QED) is 0.772. The molecule has 0 spiro atoms. The van der Waals surface area contributed by atoms with Gasteiger partial charge in [0, 0.05) is 19.7 Å². The molecule has 2 aliphatic rings. The van der Waals surface area contributed by atoms with Crippen LogP contribution < -0.4 is 5.73 Å². The van der Waals surface area contributed by atoms with Gasteiger partial charge in [-0.15, -0.1) is 0 Å². The van der Waals surface area contributed by atoms with Crippen LogP contribution >= 0.6 is 12.2 Å². The van der Waals surface area contributed by atoms with Crippen LogP contribution in [0.2, 0.25) is 0 Å². The van der Waals surface area contributed by atoms with Crippen molar-refractivity contribution in [1.82, 2.24) is 4.90 Å². The lowest BCUT2D eigenvalue weighted by Gasteiger charge is -2.33. The number of hydrogen-bond donors (Lipinski definition) is 1. The first-order valence-corrected chi connectivity index (χ1v) is 7.18. The van der Waals surface area contributed by atoms with Crippen LogP contribution in [0.1, 0.15) is 39.0 Å². The number of rotatable bonds is 2. The molecule has 4 nitrogen and oxygen atoms in total. The molecule has 18 heavy (non-hydrogen) atoms. The third-order valence-electron chi connectivity index (χ3n) is 4.08. The topological polar surface area (TPSA) is 55.6 Å². The number of carbonyl (C=O) groups is 1. The van der Waals surface area contributed by atoms with Gasteiger partial charge in [-0.2, -0.15) is 0 Å². The SMILES string of the molecule is CC1CN(C(=O)C2(C(N)=S)CCCC2)CCCO1. The van der Waals surface area contributed by atoms with Crippen LogP contribution in [0.3, 0.4) is 0 Å². The van der Waals surface area contributed by atoms with Gasteiger partial charge in [0.25, 0.3) is 0 Å². The average molecular weight is 270 g/mol. The van der Waals surface area contributed by atoms with Gasteiger partial charge in [-0.05, 0) is 26.2 Å². The minimum absolute atomic E-state index is 0.0984. The summed E-state index contributed by atoms with van der Waals surface area (Å²) < 4.78 is 5.58. The van der Waals surface area contributed by atoms with Gasteiger partial charge < -0.3 is 15.4 Å². The van der Waals surface area contributed by atoms with E-state index in [2.05, 4.69) is 0 Å². The van der Waals surface area contributed by atoms with Gasteiger partial charge in [0.05, 0.1) is 16.5 Å². The maximum Gasteiger partial charge on any atom is 0.235 e. The number of thiocarbonyl (C=S) groups is 1. The molecule has 102 valence electrons. The Balaban J connectivity index is 2.15. The fraction of sp³-hybridized carbons (Fsp3) is 0.846. The molecule has 2 rings (SSSR count). The van der Waals surface area contributed by atoms with E-state index in [1.807, 2.05) is 11.8 Å². The lowest BCUT2D eigenvalue weighted by molar-refractivity contribution is -0.138. The number of carbonyl (C=O) groups excluding carboxylic acids is 1. The molecule has 0 aromatic carbocycles. The van der Waals surface area contributed by atoms with Crippen molar-refractivity contribution in [1.29, 1.82) is 0 Å². The van der Waals surface area contributed by atoms with Gasteiger partial charge in [0.1, 0.15) is 0 Å². The second kappa shape index (κ2) is 5.53. The monoisotopic (exact) mass is 270 g/mol. The third-order valence-corrected chi connectivity index (χ3v) is 4.47. The van der Waals surface area contributed by atoms with Crippen LogP contribution in [0.15, 0.2) is 0 Å². The minimum Gasteiger partial charge on any atom is -0.392 e. The Morgan fingerprint density at radius 1 is 1.39 bits per heavy atom. The van der Waals surface area contributed by atoms with Crippen molar-refractivity contribution in [3.05, 3.63) is 0 Å². The van der Waals surface area contributed by atoms with E-state index in [9.17, 15) is 4.79 Å². The first-order chi connectivity index (χ1) is 8.56. The summed E-state index contributed by atoms with van der Waals surface area (Å²) in [7, 11) is 0. The van der Waals surface area contributed by atoms with Crippen molar-refractivity contribution in [2.45, 2.75) is 45.1 Å². The highest BCUT2D eigenvalue weighted by Gasteiger charge is 2.46. The molecule has 1 aliphatic carbocycles. The van der Waals surface area contributed by atoms with E-state index in [-0.39, 0.29) is 12.0 Å². The van der Waals surface area contributed by atoms with Gasteiger partial charge in [-0.3, -0.25) is 4.79 Å². The van der Waals surface area contributed by atoms with E-state index in [0.717, 1.165) is 45.3 Å². The molecular weight excluding hydrogens is 248 g/mol. The number of amides is 1. The highest BCUT2D eigenvalue weighted by molar-refractivity contribution is 7.80. The molecule has 1 unspecified atom stereocenters. The predicted octanol–water partition coefficient (Wildman–Crippen LogP) is 1.47. The zero-order valence-electron chi connectivity index (χ0n) is 11.0. The highest BCUT2D eigenvalue weighted by atomic mass is 32.1. The fourth-order valence-corrected chi connectivity index (χ4v) is 3.32. The molecule has 1 heterocycles. The second-order valence-corrected chi connectivity index (χ2v) is 5.88. The van der Waals surface area contributed by atoms with E-state index in [1.165, 1.54) is 0 Å². The summed E-state index contributed by atoms with van der Waals surface area (Å²) in [5.41, 5.74) is 5.30. The lowest BCUT2D eigenvalue weighted by Crippen LogP contribution is -2.50. The van der Waals surface area contributed by atoms with E-state index >= 15 is 0 Å². The summed E-state index contributed by atoms with van der Waals surface area (Å²) in [6.45, 7) is 4.15. The van der Waals surface area contributed by atoms with E-state index in [0.29, 0.717) is 11.5 Å². The Morgan fingerprint density at radius 3 is 2.67 bits per heavy atom. The van der Waals surface area contributed by atoms with Crippen LogP contribution in [-0.4, -0.2) is 41.6 Å². The molecule has 1 amide bonds. The molecule has 0 aromatic heterocycles. The van der Waals surface area contributed by atoms with Gasteiger partial charge >= 0.3 is 0 Å². The summed E-state index contributed by atoms with van der Waals surface area (Å²) >= 11 is 5.18. The molecule has 1 saturated heterocycles. The minimum atomic E-state index is -0.570. The number of nitrogens with two attached hydrogens (primary N) is 1. The molecule has 0 aromatic rings. The first kappa shape index (κ1) is 13.7. The smallest absolute Gasteiger partial charge is 0.235 e. The Hall–Kier alpha value is -0.680. The van der Waals surface area contributed by atoms with E-state index in [4.69, 9.17) is 22.7 Å².